The van der Waals surface area contributed by atoms with Crippen LogP contribution >= 0.6 is 0 Å². The molecule has 2 unspecified atom stereocenters. The van der Waals surface area contributed by atoms with Gasteiger partial charge in [0.25, 0.3) is 0 Å². The fraction of sp³-hybridized carbons (Fsp3) is 0.370. The van der Waals surface area contributed by atoms with Crippen LogP contribution in [-0.4, -0.2) is 59.3 Å². The Hall–Kier alpha value is -4.67. The number of ketones is 1. The maximum absolute atomic E-state index is 14.6. The highest BCUT2D eigenvalue weighted by Gasteiger charge is 2.56. The van der Waals surface area contributed by atoms with E-state index in [0.29, 0.717) is 18.5 Å². The van der Waals surface area contributed by atoms with E-state index in [2.05, 4.69) is 15.4 Å². The Kier molecular flexibility index (Phi) is 8.18. The third-order valence-corrected chi connectivity index (χ3v) is 6.73. The molecule has 216 valence electrons. The second-order valence-electron chi connectivity index (χ2n) is 9.69. The summed E-state index contributed by atoms with van der Waals surface area (Å²) in [6.07, 6.45) is -4.90. The first kappa shape index (κ1) is 29.3. The molecule has 14 heteroatoms. The fourth-order valence-corrected chi connectivity index (χ4v) is 4.73. The average Bonchev–Trinajstić information content (AvgIpc) is 3.57. The summed E-state index contributed by atoms with van der Waals surface area (Å²) >= 11 is 0. The quantitative estimate of drug-likeness (QED) is 0.290. The summed E-state index contributed by atoms with van der Waals surface area (Å²) in [4.78, 5) is 39.7. The summed E-state index contributed by atoms with van der Waals surface area (Å²) in [6.45, 7) is 2.52. The van der Waals surface area contributed by atoms with E-state index >= 15 is 0 Å². The summed E-state index contributed by atoms with van der Waals surface area (Å²) in [5.41, 5.74) is -0.0336. The number of amides is 2. The van der Waals surface area contributed by atoms with Crippen molar-refractivity contribution in [1.29, 1.82) is 5.26 Å². The number of ether oxygens (including phenoxy) is 2. The van der Waals surface area contributed by atoms with Gasteiger partial charge in [-0.3, -0.25) is 19.8 Å². The van der Waals surface area contributed by atoms with Crippen LogP contribution in [0, 0.1) is 23.1 Å². The summed E-state index contributed by atoms with van der Waals surface area (Å²) in [5.74, 6) is -3.80. The normalized spacial score (nSPS) is 19.8. The molecule has 0 radical (unpaired) electrons. The first-order chi connectivity index (χ1) is 19.3. The monoisotopic (exact) mass is 576 g/mol. The van der Waals surface area contributed by atoms with Gasteiger partial charge in [0.15, 0.2) is 17.7 Å². The number of rotatable bonds is 10. The highest BCUT2D eigenvalue weighted by Crippen LogP contribution is 2.48. The molecule has 2 aromatic carbocycles. The number of halogens is 4. The minimum absolute atomic E-state index is 0.0650. The Morgan fingerprint density at radius 2 is 1.93 bits per heavy atom. The molecule has 0 aromatic heterocycles. The highest BCUT2D eigenvalue weighted by atomic mass is 19.4. The van der Waals surface area contributed by atoms with E-state index in [9.17, 15) is 31.9 Å². The molecule has 1 aliphatic carbocycles. The standard InChI is InChI=1S/C27H25F4N5O5/c1-13(11-32)40-16-6-7-18(17(10-16)25(33)14(2)37)34-12-23(38)36-20-8-15(20)9-21(36)26(39)35-19-4-3-5-22(24(19)28)41-27(29,30)31/h3-7,10,13,15,20-21,33-34H,8-9,12H2,1-2H3,(H,35,39)/p+1/t13?,15?,20-,21+/m1/s1. The second-order valence-corrected chi connectivity index (χ2v) is 9.69. The first-order valence-corrected chi connectivity index (χ1v) is 12.5. The molecule has 4 atom stereocenters. The van der Waals surface area contributed by atoms with E-state index in [4.69, 9.17) is 15.4 Å². The lowest BCUT2D eigenvalue weighted by Crippen LogP contribution is -2.48. The average molecular weight is 577 g/mol. The Bertz CT molecular complexity index is 1440. The number of Topliss-reactive ketones (excluding diaryl/α,β-unsaturated/α-hetero) is 1. The number of nitriles is 1. The molecule has 1 heterocycles. The Morgan fingerprint density at radius 1 is 1.20 bits per heavy atom. The summed E-state index contributed by atoms with van der Waals surface area (Å²) < 4.78 is 61.4. The van der Waals surface area contributed by atoms with Crippen LogP contribution in [0.2, 0.25) is 0 Å². The van der Waals surface area contributed by atoms with E-state index in [1.807, 2.05) is 6.07 Å². The molecule has 1 aliphatic heterocycles. The van der Waals surface area contributed by atoms with Gasteiger partial charge < -0.3 is 25.0 Å². The van der Waals surface area contributed by atoms with Crippen molar-refractivity contribution in [3.05, 3.63) is 47.8 Å². The van der Waals surface area contributed by atoms with Gasteiger partial charge in [0, 0.05) is 18.7 Å². The van der Waals surface area contributed by atoms with Gasteiger partial charge in [-0.2, -0.15) is 5.26 Å². The number of nitrogens with zero attached hydrogens (tertiary/aromatic N) is 2. The number of carbonyl (C=O) groups excluding carboxylic acids is 3. The number of alkyl halides is 3. The van der Waals surface area contributed by atoms with Crippen LogP contribution in [0.25, 0.3) is 0 Å². The van der Waals surface area contributed by atoms with Crippen molar-refractivity contribution in [2.75, 3.05) is 17.2 Å². The van der Waals surface area contributed by atoms with Gasteiger partial charge in [0.1, 0.15) is 17.9 Å². The van der Waals surface area contributed by atoms with Gasteiger partial charge in [-0.15, -0.1) is 13.2 Å². The molecule has 10 nitrogen and oxygen atoms in total. The summed E-state index contributed by atoms with van der Waals surface area (Å²) in [5, 5.41) is 20.2. The number of piperidine rings is 1. The molecule has 4 rings (SSSR count). The zero-order valence-electron chi connectivity index (χ0n) is 21.9. The number of anilines is 2. The maximum Gasteiger partial charge on any atom is 0.573 e. The van der Waals surface area contributed by atoms with Crippen molar-refractivity contribution in [2.45, 2.75) is 51.2 Å². The number of nitrogens with one attached hydrogen (secondary N) is 2. The number of benzene rings is 2. The molecular weight excluding hydrogens is 550 g/mol. The minimum atomic E-state index is -5.12. The van der Waals surface area contributed by atoms with Crippen molar-refractivity contribution in [2.24, 2.45) is 5.92 Å². The third-order valence-electron chi connectivity index (χ3n) is 6.73. The van der Waals surface area contributed by atoms with E-state index in [1.54, 1.807) is 0 Å². The predicted octanol–water partition coefficient (Wildman–Crippen LogP) is 2.19. The van der Waals surface area contributed by atoms with Gasteiger partial charge >= 0.3 is 6.36 Å². The first-order valence-electron chi connectivity index (χ1n) is 12.5. The van der Waals surface area contributed by atoms with Gasteiger partial charge in [-0.25, -0.2) is 4.39 Å². The number of hydrogen-bond donors (Lipinski definition) is 3. The molecule has 2 aliphatic rings. The van der Waals surface area contributed by atoms with E-state index < -0.39 is 53.4 Å². The number of fused-ring (bicyclic) bond motifs is 1. The van der Waals surface area contributed by atoms with Crippen LogP contribution < -0.4 is 25.5 Å². The zero-order chi connectivity index (χ0) is 30.1. The molecule has 0 bridgehead atoms. The number of likely N-dealkylation sites (tertiary alicyclic amines) is 1. The molecule has 1 saturated carbocycles. The Labute approximate surface area is 231 Å². The van der Waals surface area contributed by atoms with Crippen LogP contribution in [0.15, 0.2) is 36.4 Å². The lowest BCUT2D eigenvalue weighted by atomic mass is 10.0. The molecule has 2 fully saturated rings. The highest BCUT2D eigenvalue weighted by molar-refractivity contribution is 6.44. The summed E-state index contributed by atoms with van der Waals surface area (Å²) in [7, 11) is 0. The predicted molar refractivity (Wildman–Crippen MR) is 136 cm³/mol. The van der Waals surface area contributed by atoms with Crippen molar-refractivity contribution in [3.63, 3.8) is 0 Å². The van der Waals surface area contributed by atoms with Crippen LogP contribution in [0.1, 0.15) is 32.3 Å². The second kappa shape index (κ2) is 11.4. The molecule has 2 aromatic rings. The number of nitrogens with two attached hydrogens (primary N) is 1. The van der Waals surface area contributed by atoms with Crippen LogP contribution in [0.5, 0.6) is 11.5 Å². The molecular formula is C27H26F4N5O5+. The van der Waals surface area contributed by atoms with E-state index in [0.717, 1.165) is 18.2 Å². The zero-order valence-corrected chi connectivity index (χ0v) is 21.9. The largest absolute Gasteiger partial charge is 0.573 e. The van der Waals surface area contributed by atoms with Crippen molar-refractivity contribution < 1.29 is 46.8 Å². The molecule has 0 spiro atoms. The van der Waals surface area contributed by atoms with E-state index in [-0.39, 0.29) is 35.5 Å². The van der Waals surface area contributed by atoms with Crippen LogP contribution in [0.4, 0.5) is 28.9 Å². The number of hydrogen-bond acceptors (Lipinski definition) is 7. The molecule has 41 heavy (non-hydrogen) atoms. The lowest BCUT2D eigenvalue weighted by molar-refractivity contribution is -0.275. The van der Waals surface area contributed by atoms with E-state index in [1.165, 1.54) is 36.9 Å². The van der Waals surface area contributed by atoms with Crippen LogP contribution in [0.3, 0.4) is 0 Å². The van der Waals surface area contributed by atoms with Crippen molar-refractivity contribution in [3.8, 4) is 17.6 Å². The molecule has 1 saturated heterocycles. The smallest absolute Gasteiger partial charge is 0.476 e. The lowest BCUT2D eigenvalue weighted by Gasteiger charge is -2.27. The third kappa shape index (κ3) is 6.74. The molecule has 2 amide bonds. The van der Waals surface area contributed by atoms with Crippen molar-refractivity contribution in [1.82, 2.24) is 4.90 Å². The topological polar surface area (TPSA) is 146 Å². The van der Waals surface area contributed by atoms with Gasteiger partial charge in [0.05, 0.1) is 17.8 Å². The Morgan fingerprint density at radius 3 is 2.59 bits per heavy atom. The number of carbonyl (C=O) groups is 3. The van der Waals surface area contributed by atoms with Crippen LogP contribution in [-0.2, 0) is 14.4 Å². The summed E-state index contributed by atoms with van der Waals surface area (Å²) in [6, 6.07) is 8.23. The van der Waals surface area contributed by atoms with Gasteiger partial charge in [-0.05, 0) is 56.0 Å². The fourth-order valence-electron chi connectivity index (χ4n) is 4.73. The Balaban J connectivity index is 1.47. The molecule has 4 N–H and O–H groups in total. The maximum atomic E-state index is 14.6. The van der Waals surface area contributed by atoms with Gasteiger partial charge in [-0.1, -0.05) is 6.07 Å². The minimum Gasteiger partial charge on any atom is -0.476 e. The SMILES string of the molecule is CC(=O)C(=[NH2+])c1cc(OC(C)C#N)ccc1NCC(=O)N1[C@@H]2CC2C[C@H]1C(=O)Nc1cccc(OC(F)(F)F)c1F. The van der Waals surface area contributed by atoms with Gasteiger partial charge in [0.2, 0.25) is 23.3 Å². The van der Waals surface area contributed by atoms with Crippen molar-refractivity contribution >= 4 is 34.7 Å².